The molecule has 0 spiro atoms. The van der Waals surface area contributed by atoms with Gasteiger partial charge in [0.25, 0.3) is 0 Å². The van der Waals surface area contributed by atoms with Crippen molar-refractivity contribution in [2.45, 2.75) is 33.6 Å². The van der Waals surface area contributed by atoms with E-state index in [4.69, 9.17) is 0 Å². The fourth-order valence-corrected chi connectivity index (χ4v) is 2.81. The molecule has 3 rings (SSSR count). The molecule has 1 fully saturated rings. The molecular formula is C11H16O. The average molecular weight is 164 g/mol. The number of carbonyl (C=O) groups is 1. The number of carbonyl (C=O) groups excluding carboxylic acids is 1. The standard InChI is InChI=1S/C11H16O/c1-7-4-8-6-11(2,3)9(7)5-10(8)12/h4,8-9H,5-6H2,1-3H3/t8-,9?/m1/s1. The molecule has 1 saturated carbocycles. The second-order valence-electron chi connectivity index (χ2n) is 4.93. The Morgan fingerprint density at radius 2 is 2.17 bits per heavy atom. The molecule has 0 amide bonds. The van der Waals surface area contributed by atoms with Gasteiger partial charge in [0.1, 0.15) is 5.78 Å². The van der Waals surface area contributed by atoms with E-state index in [0.717, 1.165) is 12.8 Å². The van der Waals surface area contributed by atoms with Crippen molar-refractivity contribution in [3.63, 3.8) is 0 Å². The number of allylic oxidation sites excluding steroid dienone is 2. The Labute approximate surface area is 73.8 Å². The first kappa shape index (κ1) is 8.03. The summed E-state index contributed by atoms with van der Waals surface area (Å²) in [4.78, 5) is 11.4. The Morgan fingerprint density at radius 1 is 1.50 bits per heavy atom. The fourth-order valence-electron chi connectivity index (χ4n) is 2.81. The molecule has 0 radical (unpaired) electrons. The summed E-state index contributed by atoms with van der Waals surface area (Å²) in [6, 6.07) is 0. The molecule has 12 heavy (non-hydrogen) atoms. The Bertz CT molecular complexity index is 260. The topological polar surface area (TPSA) is 17.1 Å². The van der Waals surface area contributed by atoms with Crippen LogP contribution < -0.4 is 0 Å². The van der Waals surface area contributed by atoms with Crippen molar-refractivity contribution in [2.24, 2.45) is 17.3 Å². The number of ketones is 1. The SMILES string of the molecule is CC1=C[C@@H]2CC(C)(C)C1CC2=O. The molecular weight excluding hydrogens is 148 g/mol. The van der Waals surface area contributed by atoms with Crippen molar-refractivity contribution >= 4 is 5.78 Å². The zero-order chi connectivity index (χ0) is 8.93. The zero-order valence-corrected chi connectivity index (χ0v) is 8.05. The molecule has 2 atom stereocenters. The summed E-state index contributed by atoms with van der Waals surface area (Å²) >= 11 is 0. The maximum atomic E-state index is 11.4. The van der Waals surface area contributed by atoms with Crippen molar-refractivity contribution in [3.8, 4) is 0 Å². The first-order chi connectivity index (χ1) is 5.50. The van der Waals surface area contributed by atoms with Gasteiger partial charge in [-0.25, -0.2) is 0 Å². The predicted octanol–water partition coefficient (Wildman–Crippen LogP) is 2.57. The lowest BCUT2D eigenvalue weighted by molar-refractivity contribution is -0.128. The van der Waals surface area contributed by atoms with E-state index >= 15 is 0 Å². The second-order valence-corrected chi connectivity index (χ2v) is 4.93. The van der Waals surface area contributed by atoms with Gasteiger partial charge < -0.3 is 0 Å². The zero-order valence-electron chi connectivity index (χ0n) is 8.05. The molecule has 0 saturated heterocycles. The van der Waals surface area contributed by atoms with E-state index < -0.39 is 0 Å². The lowest BCUT2D eigenvalue weighted by atomic mass is 9.58. The van der Waals surface area contributed by atoms with Crippen LogP contribution in [-0.2, 0) is 4.79 Å². The number of rotatable bonds is 0. The van der Waals surface area contributed by atoms with Gasteiger partial charge in [-0.05, 0) is 24.7 Å². The van der Waals surface area contributed by atoms with Gasteiger partial charge in [-0.2, -0.15) is 0 Å². The monoisotopic (exact) mass is 164 g/mol. The van der Waals surface area contributed by atoms with Crippen LogP contribution in [0.2, 0.25) is 0 Å². The van der Waals surface area contributed by atoms with E-state index in [1.165, 1.54) is 5.57 Å². The van der Waals surface area contributed by atoms with Crippen LogP contribution in [0.4, 0.5) is 0 Å². The van der Waals surface area contributed by atoms with E-state index in [0.29, 0.717) is 17.1 Å². The lowest BCUT2D eigenvalue weighted by Gasteiger charge is -2.46. The van der Waals surface area contributed by atoms with Crippen LogP contribution in [0.5, 0.6) is 0 Å². The molecule has 2 bridgehead atoms. The Balaban J connectivity index is 2.40. The van der Waals surface area contributed by atoms with Gasteiger partial charge in [0.15, 0.2) is 0 Å². The lowest BCUT2D eigenvalue weighted by Crippen LogP contribution is -2.41. The maximum Gasteiger partial charge on any atom is 0.140 e. The number of hydrogen-bond donors (Lipinski definition) is 0. The number of Topliss-reactive ketones (excluding diaryl/α,β-unsaturated/α-hetero) is 1. The van der Waals surface area contributed by atoms with Crippen LogP contribution in [-0.4, -0.2) is 5.78 Å². The molecule has 0 aromatic rings. The molecule has 0 aromatic heterocycles. The predicted molar refractivity (Wildman–Crippen MR) is 48.8 cm³/mol. The smallest absolute Gasteiger partial charge is 0.140 e. The van der Waals surface area contributed by atoms with Crippen molar-refractivity contribution in [1.29, 1.82) is 0 Å². The van der Waals surface area contributed by atoms with E-state index in [9.17, 15) is 4.79 Å². The number of hydrogen-bond acceptors (Lipinski definition) is 1. The van der Waals surface area contributed by atoms with E-state index in [1.54, 1.807) is 0 Å². The minimum Gasteiger partial charge on any atom is -0.299 e. The van der Waals surface area contributed by atoms with Crippen molar-refractivity contribution in [2.75, 3.05) is 0 Å². The Hall–Kier alpha value is -0.590. The van der Waals surface area contributed by atoms with Gasteiger partial charge in [-0.3, -0.25) is 4.79 Å². The largest absolute Gasteiger partial charge is 0.299 e. The van der Waals surface area contributed by atoms with Crippen molar-refractivity contribution < 1.29 is 4.79 Å². The van der Waals surface area contributed by atoms with Crippen molar-refractivity contribution in [1.82, 2.24) is 0 Å². The fraction of sp³-hybridized carbons (Fsp3) is 0.727. The maximum absolute atomic E-state index is 11.4. The normalized spacial score (nSPS) is 38.2. The molecule has 0 aliphatic heterocycles. The van der Waals surface area contributed by atoms with Gasteiger partial charge in [-0.15, -0.1) is 0 Å². The van der Waals surface area contributed by atoms with Crippen LogP contribution in [0.3, 0.4) is 0 Å². The third kappa shape index (κ3) is 0.954. The number of fused-ring (bicyclic) bond motifs is 2. The molecule has 3 aliphatic carbocycles. The summed E-state index contributed by atoms with van der Waals surface area (Å²) in [5, 5.41) is 0. The van der Waals surface area contributed by atoms with Gasteiger partial charge in [-0.1, -0.05) is 25.5 Å². The molecule has 1 heteroatoms. The van der Waals surface area contributed by atoms with E-state index in [2.05, 4.69) is 26.8 Å². The van der Waals surface area contributed by atoms with Crippen LogP contribution >= 0.6 is 0 Å². The minimum absolute atomic E-state index is 0.241. The molecule has 1 unspecified atom stereocenters. The average Bonchev–Trinajstić information content (AvgIpc) is 1.92. The highest BCUT2D eigenvalue weighted by atomic mass is 16.1. The second kappa shape index (κ2) is 2.21. The molecule has 0 N–H and O–H groups in total. The molecule has 66 valence electrons. The van der Waals surface area contributed by atoms with E-state index in [-0.39, 0.29) is 5.92 Å². The molecule has 1 nitrogen and oxygen atoms in total. The van der Waals surface area contributed by atoms with Gasteiger partial charge >= 0.3 is 0 Å². The third-order valence-corrected chi connectivity index (χ3v) is 3.52. The summed E-state index contributed by atoms with van der Waals surface area (Å²) in [7, 11) is 0. The first-order valence-corrected chi connectivity index (χ1v) is 4.72. The van der Waals surface area contributed by atoms with Gasteiger partial charge in [0, 0.05) is 12.3 Å². The summed E-state index contributed by atoms with van der Waals surface area (Å²) in [5.41, 5.74) is 1.80. The van der Waals surface area contributed by atoms with E-state index in [1.807, 2.05) is 0 Å². The summed E-state index contributed by atoms with van der Waals surface area (Å²) in [6.45, 7) is 6.74. The molecule has 0 aromatic carbocycles. The van der Waals surface area contributed by atoms with Crippen LogP contribution in [0.1, 0.15) is 33.6 Å². The molecule has 3 aliphatic rings. The Morgan fingerprint density at radius 3 is 2.58 bits per heavy atom. The Kier molecular flexibility index (Phi) is 1.48. The summed E-state index contributed by atoms with van der Waals surface area (Å²) < 4.78 is 0. The highest BCUT2D eigenvalue weighted by Crippen LogP contribution is 2.49. The molecule has 0 heterocycles. The van der Waals surface area contributed by atoms with Crippen molar-refractivity contribution in [3.05, 3.63) is 11.6 Å². The summed E-state index contributed by atoms with van der Waals surface area (Å²) in [5.74, 6) is 1.23. The highest BCUT2D eigenvalue weighted by molar-refractivity contribution is 5.85. The first-order valence-electron chi connectivity index (χ1n) is 4.72. The minimum atomic E-state index is 0.241. The quantitative estimate of drug-likeness (QED) is 0.503. The van der Waals surface area contributed by atoms with Gasteiger partial charge in [0.2, 0.25) is 0 Å². The van der Waals surface area contributed by atoms with Crippen LogP contribution in [0.25, 0.3) is 0 Å². The van der Waals surface area contributed by atoms with Gasteiger partial charge in [0.05, 0.1) is 0 Å². The highest BCUT2D eigenvalue weighted by Gasteiger charge is 2.44. The summed E-state index contributed by atoms with van der Waals surface area (Å²) in [6.07, 6.45) is 4.04. The van der Waals surface area contributed by atoms with Crippen LogP contribution in [0.15, 0.2) is 11.6 Å². The van der Waals surface area contributed by atoms with Crippen LogP contribution in [0, 0.1) is 17.3 Å². The third-order valence-electron chi connectivity index (χ3n) is 3.52.